The topological polar surface area (TPSA) is 124 Å². The van der Waals surface area contributed by atoms with Crippen molar-refractivity contribution in [3.63, 3.8) is 0 Å². The lowest BCUT2D eigenvalue weighted by atomic mass is 9.98. The number of aromatic hydroxyl groups is 1. The molecule has 142 valence electrons. The minimum absolute atomic E-state index is 0.0325. The van der Waals surface area contributed by atoms with E-state index < -0.39 is 6.03 Å². The van der Waals surface area contributed by atoms with E-state index in [4.69, 9.17) is 10.00 Å². The van der Waals surface area contributed by atoms with Gasteiger partial charge in [0.05, 0.1) is 17.7 Å². The number of Topliss-reactive ketones (excluding diaryl/α,β-unsaturated/α-hetero) is 1. The van der Waals surface area contributed by atoms with E-state index in [1.165, 1.54) is 6.20 Å². The first-order valence-electron chi connectivity index (χ1n) is 8.99. The quantitative estimate of drug-likeness (QED) is 0.702. The third kappa shape index (κ3) is 3.01. The van der Waals surface area contributed by atoms with E-state index in [2.05, 4.69) is 15.6 Å². The molecule has 8 nitrogen and oxygen atoms in total. The second-order valence-electron chi connectivity index (χ2n) is 6.82. The molecule has 1 fully saturated rings. The molecule has 0 radical (unpaired) electrons. The molecule has 0 bridgehead atoms. The van der Waals surface area contributed by atoms with Crippen LogP contribution in [0.4, 0.5) is 10.6 Å². The number of benzene rings is 1. The van der Waals surface area contributed by atoms with Gasteiger partial charge in [0.25, 0.3) is 0 Å². The molecule has 1 aliphatic carbocycles. The van der Waals surface area contributed by atoms with Gasteiger partial charge in [-0.25, -0.2) is 9.78 Å². The number of amides is 2. The Morgan fingerprint density at radius 2 is 2.18 bits per heavy atom. The monoisotopic (exact) mass is 378 g/mol. The van der Waals surface area contributed by atoms with Crippen molar-refractivity contribution in [2.24, 2.45) is 5.92 Å². The number of hydrogen-bond donors (Lipinski definition) is 3. The Morgan fingerprint density at radius 3 is 2.86 bits per heavy atom. The normalized spacial score (nSPS) is 21.4. The molecule has 3 N–H and O–H groups in total. The van der Waals surface area contributed by atoms with Gasteiger partial charge in [0.2, 0.25) is 0 Å². The number of phenolic OH excluding ortho intramolecular Hbond substituents is 1. The highest BCUT2D eigenvalue weighted by Gasteiger charge is 2.57. The molecule has 2 heterocycles. The third-order valence-electron chi connectivity index (χ3n) is 5.16. The first-order chi connectivity index (χ1) is 13.5. The van der Waals surface area contributed by atoms with Crippen LogP contribution in [0.25, 0.3) is 0 Å². The summed E-state index contributed by atoms with van der Waals surface area (Å²) < 4.78 is 5.70. The number of rotatable bonds is 4. The minimum atomic E-state index is -0.432. The lowest BCUT2D eigenvalue weighted by molar-refractivity contribution is 0.0985. The number of pyridine rings is 1. The number of urea groups is 1. The maximum Gasteiger partial charge on any atom is 0.320 e. The molecule has 4 rings (SSSR count). The summed E-state index contributed by atoms with van der Waals surface area (Å²) >= 11 is 0. The molecule has 0 spiro atoms. The van der Waals surface area contributed by atoms with Gasteiger partial charge in [0.15, 0.2) is 5.78 Å². The highest BCUT2D eigenvalue weighted by atomic mass is 16.5. The van der Waals surface area contributed by atoms with Crippen molar-refractivity contribution in [2.75, 3.05) is 11.9 Å². The molecule has 0 saturated heterocycles. The Hall–Kier alpha value is -3.60. The van der Waals surface area contributed by atoms with Crippen molar-refractivity contribution < 1.29 is 19.4 Å². The van der Waals surface area contributed by atoms with Crippen LogP contribution in [0.15, 0.2) is 30.5 Å². The van der Waals surface area contributed by atoms with E-state index in [0.717, 1.165) is 0 Å². The predicted molar refractivity (Wildman–Crippen MR) is 99.3 cm³/mol. The highest BCUT2D eigenvalue weighted by molar-refractivity contribution is 5.99. The molecule has 1 saturated carbocycles. The average molecular weight is 378 g/mol. The summed E-state index contributed by atoms with van der Waals surface area (Å²) in [4.78, 5) is 28.3. The van der Waals surface area contributed by atoms with Crippen LogP contribution in [0.3, 0.4) is 0 Å². The number of phenols is 1. The molecule has 1 aromatic carbocycles. The fourth-order valence-electron chi connectivity index (χ4n) is 3.65. The van der Waals surface area contributed by atoms with Gasteiger partial charge >= 0.3 is 6.03 Å². The van der Waals surface area contributed by atoms with Gasteiger partial charge in [-0.2, -0.15) is 5.26 Å². The SMILES string of the molecule is CCC(=O)c1ccc2c(c1O)[C@H]1[C@@H](CO2)[C@H]1NC(=O)Nc1ccc(C#N)cn1. The van der Waals surface area contributed by atoms with Crippen LogP contribution in [0, 0.1) is 17.2 Å². The Morgan fingerprint density at radius 1 is 1.36 bits per heavy atom. The summed E-state index contributed by atoms with van der Waals surface area (Å²) in [6, 6.07) is 7.71. The van der Waals surface area contributed by atoms with E-state index >= 15 is 0 Å². The van der Waals surface area contributed by atoms with Gasteiger partial charge in [-0.15, -0.1) is 0 Å². The molecule has 3 atom stereocenters. The number of carbonyl (C=O) groups excluding carboxylic acids is 2. The van der Waals surface area contributed by atoms with Crippen molar-refractivity contribution in [1.82, 2.24) is 10.3 Å². The van der Waals surface area contributed by atoms with Gasteiger partial charge < -0.3 is 15.2 Å². The first-order valence-corrected chi connectivity index (χ1v) is 8.99. The Labute approximate surface area is 161 Å². The molecule has 1 aliphatic heterocycles. The van der Waals surface area contributed by atoms with Crippen LogP contribution in [0.2, 0.25) is 0 Å². The summed E-state index contributed by atoms with van der Waals surface area (Å²) in [5, 5.41) is 24.9. The number of anilines is 1. The Balaban J connectivity index is 1.48. The predicted octanol–water partition coefficient (Wildman–Crippen LogP) is 2.55. The average Bonchev–Trinajstić information content (AvgIpc) is 3.40. The Bertz CT molecular complexity index is 997. The number of fused-ring (bicyclic) bond motifs is 3. The van der Waals surface area contributed by atoms with Gasteiger partial charge in [0, 0.05) is 36.1 Å². The number of ether oxygens (including phenoxy) is 1. The van der Waals surface area contributed by atoms with Crippen molar-refractivity contribution in [3.8, 4) is 17.6 Å². The number of nitriles is 1. The second-order valence-corrected chi connectivity index (χ2v) is 6.82. The summed E-state index contributed by atoms with van der Waals surface area (Å²) in [6.45, 7) is 2.17. The van der Waals surface area contributed by atoms with Gasteiger partial charge in [-0.05, 0) is 24.3 Å². The molecule has 28 heavy (non-hydrogen) atoms. The summed E-state index contributed by atoms with van der Waals surface area (Å²) in [6.07, 6.45) is 1.67. The smallest absolute Gasteiger partial charge is 0.320 e. The number of ketones is 1. The molecule has 0 unspecified atom stereocenters. The maximum absolute atomic E-state index is 12.3. The van der Waals surface area contributed by atoms with Crippen molar-refractivity contribution in [2.45, 2.75) is 25.3 Å². The van der Waals surface area contributed by atoms with Crippen LogP contribution in [0.5, 0.6) is 11.5 Å². The molecule has 1 aromatic heterocycles. The Kier molecular flexibility index (Phi) is 4.35. The van der Waals surface area contributed by atoms with E-state index in [9.17, 15) is 14.7 Å². The van der Waals surface area contributed by atoms with Crippen molar-refractivity contribution in [1.29, 1.82) is 5.26 Å². The highest BCUT2D eigenvalue weighted by Crippen LogP contribution is 2.57. The summed E-state index contributed by atoms with van der Waals surface area (Å²) in [5.41, 5.74) is 1.26. The zero-order chi connectivity index (χ0) is 19.8. The van der Waals surface area contributed by atoms with Crippen LogP contribution >= 0.6 is 0 Å². The molecule has 8 heteroatoms. The van der Waals surface area contributed by atoms with E-state index in [0.29, 0.717) is 35.7 Å². The van der Waals surface area contributed by atoms with E-state index in [-0.39, 0.29) is 35.0 Å². The van der Waals surface area contributed by atoms with Crippen LogP contribution in [-0.4, -0.2) is 34.6 Å². The zero-order valence-corrected chi connectivity index (χ0v) is 15.1. The second kappa shape index (κ2) is 6.85. The minimum Gasteiger partial charge on any atom is -0.507 e. The molecule has 2 amide bonds. The lowest BCUT2D eigenvalue weighted by Crippen LogP contribution is -2.32. The van der Waals surface area contributed by atoms with E-state index in [1.807, 2.05) is 6.07 Å². The largest absolute Gasteiger partial charge is 0.507 e. The van der Waals surface area contributed by atoms with Crippen LogP contribution < -0.4 is 15.4 Å². The summed E-state index contributed by atoms with van der Waals surface area (Å²) in [7, 11) is 0. The fraction of sp³-hybridized carbons (Fsp3) is 0.300. The van der Waals surface area contributed by atoms with Gasteiger partial charge in [-0.3, -0.25) is 10.1 Å². The van der Waals surface area contributed by atoms with Crippen molar-refractivity contribution >= 4 is 17.6 Å². The van der Waals surface area contributed by atoms with Gasteiger partial charge in [-0.1, -0.05) is 6.92 Å². The zero-order valence-electron chi connectivity index (χ0n) is 15.1. The van der Waals surface area contributed by atoms with Crippen LogP contribution in [0.1, 0.15) is 40.7 Å². The first kappa shape index (κ1) is 17.8. The van der Waals surface area contributed by atoms with Gasteiger partial charge in [0.1, 0.15) is 23.4 Å². The van der Waals surface area contributed by atoms with Crippen LogP contribution in [-0.2, 0) is 0 Å². The molecule has 2 aromatic rings. The number of hydrogen-bond acceptors (Lipinski definition) is 6. The standard InChI is InChI=1S/C20H18N4O4/c1-2-13(25)11-4-5-14-17(19(11)26)16-12(9-28-14)18(16)24-20(27)23-15-6-3-10(7-21)8-22-15/h3-6,8,12,16,18,26H,2,9H2,1H3,(H2,22,23,24,27)/t12-,16-,18-/m1/s1. The van der Waals surface area contributed by atoms with Crippen molar-refractivity contribution in [3.05, 3.63) is 47.2 Å². The molecular weight excluding hydrogens is 360 g/mol. The number of carbonyl (C=O) groups is 2. The molecular formula is C20H18N4O4. The number of aromatic nitrogens is 1. The van der Waals surface area contributed by atoms with E-state index in [1.54, 1.807) is 31.2 Å². The third-order valence-corrected chi connectivity index (χ3v) is 5.16. The number of nitrogens with one attached hydrogen (secondary N) is 2. The number of nitrogens with zero attached hydrogens (tertiary/aromatic N) is 2. The maximum atomic E-state index is 12.3. The lowest BCUT2D eigenvalue weighted by Gasteiger charge is -2.18. The summed E-state index contributed by atoms with van der Waals surface area (Å²) in [5.74, 6) is 0.605. The fourth-order valence-corrected chi connectivity index (χ4v) is 3.65. The molecule has 2 aliphatic rings.